The number of aryl methyl sites for hydroxylation is 1. The molecule has 3 heterocycles. The number of nitrogens with zero attached hydrogens (tertiary/aromatic N) is 4. The van der Waals surface area contributed by atoms with E-state index in [0.29, 0.717) is 18.2 Å². The lowest BCUT2D eigenvalue weighted by Crippen LogP contribution is -2.53. The highest BCUT2D eigenvalue weighted by atomic mass is 35.5. The highest BCUT2D eigenvalue weighted by molar-refractivity contribution is 6.35. The van der Waals surface area contributed by atoms with Crippen molar-refractivity contribution in [1.29, 1.82) is 0 Å². The van der Waals surface area contributed by atoms with E-state index in [-0.39, 0.29) is 0 Å². The van der Waals surface area contributed by atoms with E-state index in [2.05, 4.69) is 29.7 Å². The van der Waals surface area contributed by atoms with Crippen molar-refractivity contribution in [3.8, 4) is 0 Å². The van der Waals surface area contributed by atoms with Crippen LogP contribution in [0.15, 0.2) is 18.2 Å². The van der Waals surface area contributed by atoms with Crippen LogP contribution in [0, 0.1) is 0 Å². The molecule has 2 aliphatic heterocycles. The summed E-state index contributed by atoms with van der Waals surface area (Å²) in [6.45, 7) is 9.62. The first-order valence-corrected chi connectivity index (χ1v) is 10.1. The number of likely N-dealkylation sites (tertiary alicyclic amines) is 1. The summed E-state index contributed by atoms with van der Waals surface area (Å²) in [5.41, 5.74) is 2.21. The van der Waals surface area contributed by atoms with E-state index in [1.807, 2.05) is 23.9 Å². The lowest BCUT2D eigenvalue weighted by Gasteiger charge is -2.43. The molecule has 0 unspecified atom stereocenters. The summed E-state index contributed by atoms with van der Waals surface area (Å²) in [6, 6.07) is 6.72. The molecule has 0 N–H and O–H groups in total. The van der Waals surface area contributed by atoms with E-state index in [9.17, 15) is 0 Å². The van der Waals surface area contributed by atoms with Crippen LogP contribution >= 0.6 is 11.6 Å². The third kappa shape index (κ3) is 3.63. The van der Waals surface area contributed by atoms with Gasteiger partial charge in [-0.15, -0.1) is 0 Å². The van der Waals surface area contributed by atoms with Crippen LogP contribution < -0.4 is 0 Å². The molecule has 2 aromatic rings. The molecule has 6 heteroatoms. The quantitative estimate of drug-likeness (QED) is 0.823. The van der Waals surface area contributed by atoms with Crippen LogP contribution in [0.2, 0.25) is 5.02 Å². The minimum atomic E-state index is 0.346. The topological polar surface area (TPSA) is 33.5 Å². The molecular formula is C20H29ClN4O. The molecule has 0 saturated carbocycles. The molecule has 1 aromatic heterocycles. The second kappa shape index (κ2) is 7.47. The molecule has 0 aliphatic carbocycles. The summed E-state index contributed by atoms with van der Waals surface area (Å²) in [4.78, 5) is 5.16. The molecule has 142 valence electrons. The first kappa shape index (κ1) is 18.2. The van der Waals surface area contributed by atoms with Crippen molar-refractivity contribution in [2.45, 2.75) is 51.5 Å². The van der Waals surface area contributed by atoms with Gasteiger partial charge in [0.05, 0.1) is 28.4 Å². The maximum atomic E-state index is 6.45. The van der Waals surface area contributed by atoms with Crippen molar-refractivity contribution in [1.82, 2.24) is 19.6 Å². The summed E-state index contributed by atoms with van der Waals surface area (Å²) in [7, 11) is 2.00. The van der Waals surface area contributed by atoms with Gasteiger partial charge in [0.15, 0.2) is 0 Å². The van der Waals surface area contributed by atoms with Gasteiger partial charge in [0.1, 0.15) is 0 Å². The van der Waals surface area contributed by atoms with Crippen molar-refractivity contribution in [2.24, 2.45) is 7.05 Å². The van der Waals surface area contributed by atoms with E-state index in [4.69, 9.17) is 21.4 Å². The molecule has 0 amide bonds. The normalized spacial score (nSPS) is 26.6. The second-order valence-corrected chi connectivity index (χ2v) is 8.33. The number of rotatable bonds is 3. The van der Waals surface area contributed by atoms with Gasteiger partial charge >= 0.3 is 0 Å². The largest absolute Gasteiger partial charge is 0.373 e. The number of morpholine rings is 1. The number of fused-ring (bicyclic) bond motifs is 1. The van der Waals surface area contributed by atoms with Gasteiger partial charge in [-0.25, -0.2) is 0 Å². The average molecular weight is 377 g/mol. The molecule has 4 rings (SSSR count). The molecule has 2 saturated heterocycles. The molecule has 0 bridgehead atoms. The van der Waals surface area contributed by atoms with Crippen molar-refractivity contribution in [3.63, 3.8) is 0 Å². The van der Waals surface area contributed by atoms with Crippen LogP contribution in [0.3, 0.4) is 0 Å². The summed E-state index contributed by atoms with van der Waals surface area (Å²) in [5, 5.41) is 6.65. The molecule has 1 aromatic carbocycles. The summed E-state index contributed by atoms with van der Waals surface area (Å²) in [5.74, 6) is 0. The van der Waals surface area contributed by atoms with Crippen LogP contribution in [0.4, 0.5) is 0 Å². The highest BCUT2D eigenvalue weighted by Crippen LogP contribution is 2.28. The minimum absolute atomic E-state index is 0.346. The summed E-state index contributed by atoms with van der Waals surface area (Å²) >= 11 is 6.45. The fourth-order valence-corrected chi connectivity index (χ4v) is 4.91. The Bertz CT molecular complexity index is 759. The third-order valence-electron chi connectivity index (χ3n) is 5.79. The van der Waals surface area contributed by atoms with Gasteiger partial charge < -0.3 is 4.74 Å². The zero-order valence-electron chi connectivity index (χ0n) is 16.0. The molecule has 2 fully saturated rings. The Morgan fingerprint density at radius 1 is 1.15 bits per heavy atom. The summed E-state index contributed by atoms with van der Waals surface area (Å²) < 4.78 is 7.83. The highest BCUT2D eigenvalue weighted by Gasteiger charge is 2.30. The van der Waals surface area contributed by atoms with E-state index in [0.717, 1.165) is 54.3 Å². The third-order valence-corrected chi connectivity index (χ3v) is 6.11. The van der Waals surface area contributed by atoms with Crippen molar-refractivity contribution in [3.05, 3.63) is 28.9 Å². The lowest BCUT2D eigenvalue weighted by atomic mass is 10.0. The molecular weight excluding hydrogens is 348 g/mol. The predicted octanol–water partition coefficient (Wildman–Crippen LogP) is 3.30. The van der Waals surface area contributed by atoms with E-state index in [1.54, 1.807) is 0 Å². The zero-order valence-corrected chi connectivity index (χ0v) is 16.7. The second-order valence-electron chi connectivity index (χ2n) is 7.92. The Morgan fingerprint density at radius 2 is 1.85 bits per heavy atom. The number of halogens is 1. The Hall–Kier alpha value is -1.14. The molecule has 2 atom stereocenters. The number of aromatic nitrogens is 2. The van der Waals surface area contributed by atoms with Crippen LogP contribution in [0.25, 0.3) is 10.9 Å². The number of hydrogen-bond donors (Lipinski definition) is 0. The van der Waals surface area contributed by atoms with E-state index >= 15 is 0 Å². The van der Waals surface area contributed by atoms with E-state index in [1.165, 1.54) is 12.8 Å². The molecule has 0 radical (unpaired) electrons. The van der Waals surface area contributed by atoms with Gasteiger partial charge in [-0.2, -0.15) is 5.10 Å². The molecule has 26 heavy (non-hydrogen) atoms. The van der Waals surface area contributed by atoms with E-state index < -0.39 is 0 Å². The average Bonchev–Trinajstić information content (AvgIpc) is 2.92. The van der Waals surface area contributed by atoms with Crippen LogP contribution in [-0.4, -0.2) is 64.0 Å². The van der Waals surface area contributed by atoms with Crippen LogP contribution in [0.5, 0.6) is 0 Å². The fraction of sp³-hybridized carbons (Fsp3) is 0.650. The van der Waals surface area contributed by atoms with Crippen molar-refractivity contribution >= 4 is 22.5 Å². The lowest BCUT2D eigenvalue weighted by molar-refractivity contribution is -0.0865. The first-order valence-electron chi connectivity index (χ1n) is 9.73. The Balaban J connectivity index is 1.40. The van der Waals surface area contributed by atoms with Gasteiger partial charge in [0.2, 0.25) is 0 Å². The van der Waals surface area contributed by atoms with Gasteiger partial charge in [-0.05, 0) is 38.8 Å². The Morgan fingerprint density at radius 3 is 2.54 bits per heavy atom. The maximum absolute atomic E-state index is 6.45. The minimum Gasteiger partial charge on any atom is -0.373 e. The van der Waals surface area contributed by atoms with Crippen molar-refractivity contribution < 1.29 is 4.74 Å². The first-order chi connectivity index (χ1) is 12.5. The van der Waals surface area contributed by atoms with Crippen molar-refractivity contribution in [2.75, 3.05) is 26.2 Å². The molecule has 2 aliphatic rings. The van der Waals surface area contributed by atoms with Gasteiger partial charge in [0, 0.05) is 51.2 Å². The zero-order chi connectivity index (χ0) is 18.3. The SMILES string of the molecule is C[C@@H]1CN(C2CCN(Cc3nn(C)c4cccc(Cl)c34)CC2)C[C@H](C)O1. The van der Waals surface area contributed by atoms with Gasteiger partial charge in [-0.1, -0.05) is 17.7 Å². The predicted molar refractivity (Wildman–Crippen MR) is 106 cm³/mol. The van der Waals surface area contributed by atoms with Crippen LogP contribution in [0.1, 0.15) is 32.4 Å². The Labute approximate surface area is 160 Å². The monoisotopic (exact) mass is 376 g/mol. The smallest absolute Gasteiger partial charge is 0.0858 e. The number of benzene rings is 1. The molecule has 5 nitrogen and oxygen atoms in total. The number of ether oxygens (including phenoxy) is 1. The fourth-order valence-electron chi connectivity index (χ4n) is 4.63. The summed E-state index contributed by atoms with van der Waals surface area (Å²) in [6.07, 6.45) is 3.13. The van der Waals surface area contributed by atoms with Gasteiger partial charge in [0.25, 0.3) is 0 Å². The number of hydrogen-bond acceptors (Lipinski definition) is 4. The standard InChI is InChI=1S/C20H29ClN4O/c1-14-11-25(12-15(2)26-14)16-7-9-24(10-8-16)13-18-20-17(21)5-4-6-19(20)23(3)22-18/h4-6,14-16H,7-13H2,1-3H3/t14-,15+. The van der Waals surface area contributed by atoms with Gasteiger partial charge in [-0.3, -0.25) is 14.5 Å². The number of piperidine rings is 1. The van der Waals surface area contributed by atoms with Crippen LogP contribution in [-0.2, 0) is 18.3 Å². The molecule has 0 spiro atoms. The Kier molecular flexibility index (Phi) is 5.24. The maximum Gasteiger partial charge on any atom is 0.0858 e.